The smallest absolute Gasteiger partial charge is 0.200 e. The molecule has 0 saturated carbocycles. The molecule has 0 bridgehead atoms. The second-order valence-corrected chi connectivity index (χ2v) is 8.14. The van der Waals surface area contributed by atoms with Crippen LogP contribution in [0.15, 0.2) is 51.7 Å². The van der Waals surface area contributed by atoms with E-state index in [2.05, 4.69) is 0 Å². The summed E-state index contributed by atoms with van der Waals surface area (Å²) in [5.74, 6) is -3.15. The first kappa shape index (κ1) is 21.5. The van der Waals surface area contributed by atoms with Crippen LogP contribution in [0.5, 0.6) is 34.5 Å². The van der Waals surface area contributed by atoms with Crippen molar-refractivity contribution in [2.75, 3.05) is 13.7 Å². The molecule has 0 radical (unpaired) electrons. The summed E-state index contributed by atoms with van der Waals surface area (Å²) in [4.78, 5) is 13.6. The molecule has 1 heterocycles. The number of benzene rings is 3. The topological polar surface area (TPSA) is 161 Å². The van der Waals surface area contributed by atoms with Crippen LogP contribution in [0.3, 0.4) is 0 Å². The van der Waals surface area contributed by atoms with Crippen LogP contribution in [0.2, 0.25) is 0 Å². The van der Waals surface area contributed by atoms with Crippen LogP contribution in [0, 0.1) is 0 Å². The minimum atomic E-state index is -0.880. The summed E-state index contributed by atoms with van der Waals surface area (Å²) in [6.45, 7) is -0.503. The van der Waals surface area contributed by atoms with Crippen molar-refractivity contribution in [3.8, 4) is 45.8 Å². The van der Waals surface area contributed by atoms with Crippen LogP contribution in [-0.2, 0) is 0 Å². The van der Waals surface area contributed by atoms with Gasteiger partial charge in [-0.25, -0.2) is 0 Å². The van der Waals surface area contributed by atoms with E-state index in [0.717, 1.165) is 6.07 Å². The zero-order valence-electron chi connectivity index (χ0n) is 17.8. The van der Waals surface area contributed by atoms with E-state index < -0.39 is 41.1 Å². The number of fused-ring (bicyclic) bond motifs is 4. The van der Waals surface area contributed by atoms with E-state index in [0.29, 0.717) is 11.1 Å². The Morgan fingerprint density at radius 3 is 2.35 bits per heavy atom. The molecule has 3 aromatic carbocycles. The highest BCUT2D eigenvalue weighted by atomic mass is 16.5. The zero-order valence-corrected chi connectivity index (χ0v) is 17.8. The van der Waals surface area contributed by atoms with Crippen LogP contribution in [0.25, 0.3) is 22.3 Å². The van der Waals surface area contributed by atoms with Gasteiger partial charge in [-0.2, -0.15) is 0 Å². The van der Waals surface area contributed by atoms with Gasteiger partial charge in [0.05, 0.1) is 13.7 Å². The molecule has 0 amide bonds. The van der Waals surface area contributed by atoms with Gasteiger partial charge in [-0.3, -0.25) is 4.79 Å². The third-order valence-corrected chi connectivity index (χ3v) is 6.25. The van der Waals surface area contributed by atoms with Crippen molar-refractivity contribution in [1.82, 2.24) is 0 Å². The molecule has 2 atom stereocenters. The van der Waals surface area contributed by atoms with Crippen molar-refractivity contribution in [2.24, 2.45) is 0 Å². The lowest BCUT2D eigenvalue weighted by atomic mass is 9.70. The predicted molar refractivity (Wildman–Crippen MR) is 121 cm³/mol. The van der Waals surface area contributed by atoms with Gasteiger partial charge in [0.15, 0.2) is 23.0 Å². The number of aromatic hydroxyl groups is 5. The van der Waals surface area contributed by atoms with Crippen LogP contribution in [0.4, 0.5) is 0 Å². The predicted octanol–water partition coefficient (Wildman–Crippen LogP) is 3.22. The van der Waals surface area contributed by atoms with Crippen molar-refractivity contribution in [3.05, 3.63) is 69.4 Å². The second-order valence-electron chi connectivity index (χ2n) is 8.14. The van der Waals surface area contributed by atoms with E-state index in [4.69, 9.17) is 9.15 Å². The highest BCUT2D eigenvalue weighted by Gasteiger charge is 2.40. The Morgan fingerprint density at radius 2 is 1.65 bits per heavy atom. The highest BCUT2D eigenvalue weighted by Crippen LogP contribution is 2.52. The van der Waals surface area contributed by atoms with Crippen molar-refractivity contribution in [1.29, 1.82) is 0 Å². The van der Waals surface area contributed by atoms with E-state index in [1.807, 2.05) is 0 Å². The molecule has 0 aliphatic heterocycles. The van der Waals surface area contributed by atoms with Crippen molar-refractivity contribution in [3.63, 3.8) is 0 Å². The number of methoxy groups -OCH3 is 1. The summed E-state index contributed by atoms with van der Waals surface area (Å²) >= 11 is 0. The number of hydrogen-bond donors (Lipinski definition) is 6. The fourth-order valence-electron chi connectivity index (χ4n) is 4.76. The average molecular weight is 464 g/mol. The van der Waals surface area contributed by atoms with Gasteiger partial charge >= 0.3 is 0 Å². The molecule has 174 valence electrons. The van der Waals surface area contributed by atoms with Gasteiger partial charge in [-0.05, 0) is 35.4 Å². The first-order valence-electron chi connectivity index (χ1n) is 10.3. The van der Waals surface area contributed by atoms with Gasteiger partial charge in [-0.1, -0.05) is 6.07 Å². The molecule has 0 unspecified atom stereocenters. The Kier molecular flexibility index (Phi) is 4.80. The molecule has 4 aromatic rings. The second kappa shape index (κ2) is 7.60. The number of phenolic OH excluding ortho intramolecular Hbond substituents is 5. The molecule has 0 fully saturated rings. The Morgan fingerprint density at radius 1 is 0.912 bits per heavy atom. The molecular weight excluding hydrogens is 444 g/mol. The Labute approximate surface area is 192 Å². The first-order valence-corrected chi connectivity index (χ1v) is 10.3. The highest BCUT2D eigenvalue weighted by molar-refractivity contribution is 5.89. The van der Waals surface area contributed by atoms with Crippen LogP contribution >= 0.6 is 0 Å². The molecule has 1 aliphatic carbocycles. The van der Waals surface area contributed by atoms with Gasteiger partial charge in [0, 0.05) is 35.1 Å². The molecule has 1 aliphatic rings. The van der Waals surface area contributed by atoms with Gasteiger partial charge in [0.1, 0.15) is 28.2 Å². The Bertz CT molecular complexity index is 1520. The lowest BCUT2D eigenvalue weighted by Gasteiger charge is -2.34. The van der Waals surface area contributed by atoms with Crippen molar-refractivity contribution >= 4 is 11.0 Å². The third-order valence-electron chi connectivity index (χ3n) is 6.25. The largest absolute Gasteiger partial charge is 0.508 e. The number of rotatable bonds is 3. The van der Waals surface area contributed by atoms with E-state index >= 15 is 0 Å². The number of aliphatic hydroxyl groups excluding tert-OH is 1. The summed E-state index contributed by atoms with van der Waals surface area (Å²) in [5, 5.41) is 61.0. The standard InChI is InChI=1S/C25H20O9/c1-33-19-4-10(2-3-15(19)28)21-12-7-16(29)17(30)8-13(12)25-22(14(21)9-26)24(32)23-18(31)5-11(27)6-20(23)34-25/h2-8,14,21,26-31H,9H2,1H3/t14-,21-/m0/s1. The molecular formula is C25H20O9. The summed E-state index contributed by atoms with van der Waals surface area (Å²) in [5.41, 5.74) is 0.657. The van der Waals surface area contributed by atoms with Crippen LogP contribution in [0.1, 0.15) is 28.5 Å². The fourth-order valence-corrected chi connectivity index (χ4v) is 4.76. The van der Waals surface area contributed by atoms with Crippen LogP contribution < -0.4 is 10.2 Å². The third kappa shape index (κ3) is 3.01. The normalized spacial score (nSPS) is 16.8. The van der Waals surface area contributed by atoms with E-state index in [1.165, 1.54) is 31.4 Å². The molecule has 34 heavy (non-hydrogen) atoms. The molecule has 9 heteroatoms. The summed E-state index contributed by atoms with van der Waals surface area (Å²) in [6, 6.07) is 9.34. The fraction of sp³-hybridized carbons (Fsp3) is 0.160. The SMILES string of the molecule is COc1cc([C@H]2c3cc(O)c(O)cc3-c3oc4cc(O)cc(O)c4c(=O)c3[C@H]2CO)ccc1O. The lowest BCUT2D eigenvalue weighted by molar-refractivity contribution is 0.252. The Hall–Kier alpha value is -4.37. The molecule has 6 N–H and O–H groups in total. The maximum atomic E-state index is 13.6. The number of phenols is 5. The first-order chi connectivity index (χ1) is 16.2. The van der Waals surface area contributed by atoms with Crippen molar-refractivity contribution < 1.29 is 39.8 Å². The summed E-state index contributed by atoms with van der Waals surface area (Å²) < 4.78 is 11.2. The maximum absolute atomic E-state index is 13.6. The molecule has 1 aromatic heterocycles. The average Bonchev–Trinajstić information content (AvgIpc) is 2.79. The quantitative estimate of drug-likeness (QED) is 0.250. The van der Waals surface area contributed by atoms with Gasteiger partial charge in [0.25, 0.3) is 0 Å². The lowest BCUT2D eigenvalue weighted by Crippen LogP contribution is -2.28. The van der Waals surface area contributed by atoms with Gasteiger partial charge < -0.3 is 39.8 Å². The van der Waals surface area contributed by atoms with Crippen molar-refractivity contribution in [2.45, 2.75) is 11.8 Å². The minimum absolute atomic E-state index is 0.0360. The van der Waals surface area contributed by atoms with Crippen LogP contribution in [-0.4, -0.2) is 44.4 Å². The van der Waals surface area contributed by atoms with E-state index in [-0.39, 0.29) is 45.1 Å². The summed E-state index contributed by atoms with van der Waals surface area (Å²) in [7, 11) is 1.38. The minimum Gasteiger partial charge on any atom is -0.508 e. The number of aliphatic hydroxyl groups is 1. The summed E-state index contributed by atoms with van der Waals surface area (Å²) in [6.07, 6.45) is 0. The number of hydrogen-bond acceptors (Lipinski definition) is 9. The van der Waals surface area contributed by atoms with E-state index in [9.17, 15) is 35.4 Å². The molecule has 5 rings (SSSR count). The number of ether oxygens (including phenoxy) is 1. The zero-order chi connectivity index (χ0) is 24.3. The Balaban J connectivity index is 1.90. The maximum Gasteiger partial charge on any atom is 0.200 e. The van der Waals surface area contributed by atoms with Gasteiger partial charge in [-0.15, -0.1) is 0 Å². The molecule has 9 nitrogen and oxygen atoms in total. The molecule has 0 saturated heterocycles. The molecule has 0 spiro atoms. The van der Waals surface area contributed by atoms with Gasteiger partial charge in [0.2, 0.25) is 5.43 Å². The monoisotopic (exact) mass is 464 g/mol. The van der Waals surface area contributed by atoms with E-state index in [1.54, 1.807) is 12.1 Å².